The normalized spacial score (nSPS) is 9.82. The molecule has 6 aromatic rings. The highest BCUT2D eigenvalue weighted by Crippen LogP contribution is 2.50. The smallest absolute Gasteiger partial charge is 0.503 e. The van der Waals surface area contributed by atoms with Gasteiger partial charge in [-0.25, -0.2) is 30.1 Å². The minimum absolute atomic E-state index is 0. The van der Waals surface area contributed by atoms with E-state index in [0.29, 0.717) is 42.7 Å². The maximum atomic E-state index is 9.87. The van der Waals surface area contributed by atoms with Gasteiger partial charge in [0, 0.05) is 35.4 Å². The SMILES string of the molecule is BrB(Br)Br.C.C.Cc1c(Oc2cc(Cl)c(Cl)c(Cl)c2C)cc(Cl)c(Cl)c1Cl.Cc1ccccc1Oc1ccccc1C.Oc1c(Oc2cc(Cl)c(Cl)c(Cl)c2O)cc(Cl)c(Cl)c1Cl.[Cl][Al]([Cl])[Cl]. The second-order valence-corrected chi connectivity index (χ2v) is 29.7. The highest BCUT2D eigenvalue weighted by atomic mass is 79.9. The highest BCUT2D eigenvalue weighted by molar-refractivity contribution is 9.69. The van der Waals surface area contributed by atoms with Crippen LogP contribution in [0.3, 0.4) is 0 Å². The molecule has 0 aliphatic rings. The summed E-state index contributed by atoms with van der Waals surface area (Å²) in [4.78, 5) is 0. The molecule has 0 spiro atoms. The summed E-state index contributed by atoms with van der Waals surface area (Å²) >= 11 is 78.6. The van der Waals surface area contributed by atoms with Gasteiger partial charge in [0.05, 0.1) is 50.2 Å². The van der Waals surface area contributed by atoms with Crippen LogP contribution in [-0.2, 0) is 0 Å². The lowest BCUT2D eigenvalue weighted by Gasteiger charge is -2.15. The van der Waals surface area contributed by atoms with E-state index >= 15 is 0 Å². The average molecular weight is 1430 g/mol. The number of hydrogen-bond acceptors (Lipinski definition) is 5. The van der Waals surface area contributed by atoms with Crippen LogP contribution in [0.2, 0.25) is 60.3 Å². The second kappa shape index (κ2) is 32.8. The summed E-state index contributed by atoms with van der Waals surface area (Å²) in [5.74, 6) is 1.59. The summed E-state index contributed by atoms with van der Waals surface area (Å²) in [6.07, 6.45) is 0. The fourth-order valence-corrected chi connectivity index (χ4v) is 6.95. The van der Waals surface area contributed by atoms with E-state index in [1.807, 2.05) is 62.4 Å². The van der Waals surface area contributed by atoms with Gasteiger partial charge >= 0.3 is 14.6 Å². The van der Waals surface area contributed by atoms with Gasteiger partial charge in [0.25, 0.3) is 0 Å². The van der Waals surface area contributed by atoms with Crippen molar-refractivity contribution in [3.8, 4) is 46.0 Å². The third kappa shape index (κ3) is 21.2. The van der Waals surface area contributed by atoms with Crippen molar-refractivity contribution < 1.29 is 24.4 Å². The molecule has 0 amide bonds. The molecule has 6 aromatic carbocycles. The summed E-state index contributed by atoms with van der Waals surface area (Å²) in [6, 6.07) is 21.7. The van der Waals surface area contributed by atoms with Crippen LogP contribution in [0.1, 0.15) is 37.1 Å². The summed E-state index contributed by atoms with van der Waals surface area (Å²) < 4.78 is 17.2. The monoisotopic (exact) mass is 1420 g/mol. The fraction of sp³-hybridized carbons (Fsp3) is 0.143. The molecule has 67 heavy (non-hydrogen) atoms. The first kappa shape index (κ1) is 67.7. The molecule has 0 fully saturated rings. The minimum Gasteiger partial charge on any atom is -0.503 e. The number of aromatic hydroxyl groups is 2. The zero-order valence-corrected chi connectivity index (χ0v) is 50.3. The first-order valence-corrected chi connectivity index (χ1v) is 29.7. The third-order valence-electron chi connectivity index (χ3n) is 7.77. The number of para-hydroxylation sites is 2. The number of benzene rings is 6. The van der Waals surface area contributed by atoms with Gasteiger partial charge in [0.15, 0.2) is 23.0 Å². The van der Waals surface area contributed by atoms with E-state index < -0.39 is 22.9 Å². The molecule has 25 heteroatoms. The van der Waals surface area contributed by atoms with Crippen molar-refractivity contribution >= 4 is 231 Å². The Morgan fingerprint density at radius 3 is 0.910 bits per heavy atom. The molecule has 364 valence electrons. The van der Waals surface area contributed by atoms with E-state index in [2.05, 4.69) is 47.3 Å². The van der Waals surface area contributed by atoms with Gasteiger partial charge in [-0.05, 0) is 51.0 Å². The van der Waals surface area contributed by atoms with E-state index in [1.165, 1.54) is 12.1 Å². The molecule has 0 aliphatic carbocycles. The standard InChI is InChI=1S/C14H8Cl6O.C14H14O.C12H4Cl6O3.2CH4.Al.BBr3.3ClH/c1-5-9(3-7(15)13(19)11(5)17)21-10-4-8(16)14(20)12(18)6(10)2;1-11-7-3-5-9-13(11)15-14-10-6-4-8-12(14)2;13-3-1-5(11(19)9(17)7(3)15)21-6-2-4(14)8(16)10(18)12(6)20;;;;2-1(3)4;;;/h3-4H,1-2H3;3-10H,1-2H3;1-2,19-20H;2*1H4;;;3*1H/q;;;;;+3;;;;/p-3. The van der Waals surface area contributed by atoms with Crippen LogP contribution < -0.4 is 14.2 Å². The summed E-state index contributed by atoms with van der Waals surface area (Å²) in [6.45, 7) is 7.64. The Morgan fingerprint density at radius 2 is 0.627 bits per heavy atom. The predicted molar refractivity (Wildman–Crippen MR) is 311 cm³/mol. The highest BCUT2D eigenvalue weighted by Gasteiger charge is 2.21. The van der Waals surface area contributed by atoms with Gasteiger partial charge in [-0.1, -0.05) is 190 Å². The van der Waals surface area contributed by atoms with Crippen LogP contribution >= 0.6 is 217 Å². The largest absolute Gasteiger partial charge is 0.643 e. The molecule has 6 rings (SSSR count). The second-order valence-electron chi connectivity index (χ2n) is 12.2. The Balaban J connectivity index is 0.000000897. The molecule has 5 nitrogen and oxygen atoms in total. The number of rotatable bonds is 6. The van der Waals surface area contributed by atoms with E-state index in [4.69, 9.17) is 184 Å². The lowest BCUT2D eigenvalue weighted by atomic mass is 10.2. The van der Waals surface area contributed by atoms with E-state index in [0.717, 1.165) is 22.6 Å². The first-order chi connectivity index (χ1) is 30.2. The van der Waals surface area contributed by atoms with Gasteiger partial charge < -0.3 is 24.4 Å². The van der Waals surface area contributed by atoms with Crippen LogP contribution in [0.15, 0.2) is 72.8 Å². The molecular weight excluding hydrogens is 1390 g/mol. The number of ether oxygens (including phenoxy) is 3. The molecule has 2 N–H and O–H groups in total. The van der Waals surface area contributed by atoms with Crippen molar-refractivity contribution in [1.29, 1.82) is 0 Å². The Labute approximate surface area is 493 Å². The van der Waals surface area contributed by atoms with Gasteiger partial charge in [-0.15, -0.1) is 47.3 Å². The summed E-state index contributed by atoms with van der Waals surface area (Å²) in [7, 11) is 14.8. The summed E-state index contributed by atoms with van der Waals surface area (Å²) in [5, 5.41) is 21.3. The van der Waals surface area contributed by atoms with Crippen molar-refractivity contribution in [2.24, 2.45) is 0 Å². The van der Waals surface area contributed by atoms with Gasteiger partial charge in [0.2, 0.25) is 0 Å². The molecule has 0 aromatic heterocycles. The number of aryl methyl sites for hydroxylation is 2. The zero-order valence-electron chi connectivity index (χ0n) is 33.0. The topological polar surface area (TPSA) is 68.2 Å². The number of hydrogen-bond donors (Lipinski definition) is 2. The number of halogens is 18. The molecular formula is C42H34AlBBr3Cl15O5. The molecule has 0 radical (unpaired) electrons. The molecule has 0 atom stereocenters. The Morgan fingerprint density at radius 1 is 0.403 bits per heavy atom. The fourth-order valence-electron chi connectivity index (χ4n) is 4.52. The third-order valence-corrected chi connectivity index (χ3v) is 13.0. The average Bonchev–Trinajstić information content (AvgIpc) is 3.24. The molecule has 0 heterocycles. The maximum Gasteiger partial charge on any atom is 0.643 e. The zero-order chi connectivity index (χ0) is 49.6. The minimum atomic E-state index is -1.72. The Hall–Kier alpha value is 0.707. The van der Waals surface area contributed by atoms with Crippen LogP contribution in [0, 0.1) is 27.7 Å². The Bertz CT molecular complexity index is 2300. The number of phenolic OH excluding ortho intramolecular Hbond substituents is 2. The van der Waals surface area contributed by atoms with E-state index in [9.17, 15) is 10.2 Å². The predicted octanol–water partition coefficient (Wildman–Crippen LogP) is 24.0. The van der Waals surface area contributed by atoms with Crippen LogP contribution in [-0.4, -0.2) is 24.8 Å². The number of phenols is 2. The van der Waals surface area contributed by atoms with Gasteiger partial charge in [-0.2, -0.15) is 0 Å². The quantitative estimate of drug-likeness (QED) is 0.128. The first-order valence-electron chi connectivity index (χ1n) is 17.2. The van der Waals surface area contributed by atoms with Crippen molar-refractivity contribution in [3.05, 3.63) is 155 Å². The molecule has 0 unspecified atom stereocenters. The molecule has 0 saturated carbocycles. The summed E-state index contributed by atoms with van der Waals surface area (Å²) in [5.41, 5.74) is 3.63. The maximum absolute atomic E-state index is 9.87. The van der Waals surface area contributed by atoms with E-state index in [-0.39, 0.29) is 69.7 Å². The molecule has 0 bridgehead atoms. The lowest BCUT2D eigenvalue weighted by Crippen LogP contribution is -1.93. The van der Waals surface area contributed by atoms with Gasteiger partial charge in [0.1, 0.15) is 33.0 Å². The van der Waals surface area contributed by atoms with Gasteiger partial charge in [-0.3, -0.25) is 0 Å². The Kier molecular flexibility index (Phi) is 33.1. The van der Waals surface area contributed by atoms with Crippen molar-refractivity contribution in [2.45, 2.75) is 42.5 Å². The van der Waals surface area contributed by atoms with Crippen LogP contribution in [0.25, 0.3) is 0 Å². The van der Waals surface area contributed by atoms with E-state index in [1.54, 1.807) is 26.0 Å². The van der Waals surface area contributed by atoms with Crippen molar-refractivity contribution in [3.63, 3.8) is 0 Å². The van der Waals surface area contributed by atoms with Crippen molar-refractivity contribution in [2.75, 3.05) is 0 Å². The molecule has 0 aliphatic heterocycles. The van der Waals surface area contributed by atoms with Crippen LogP contribution in [0.4, 0.5) is 0 Å². The van der Waals surface area contributed by atoms with Crippen LogP contribution in [0.5, 0.6) is 46.0 Å². The molecule has 0 saturated heterocycles. The lowest BCUT2D eigenvalue weighted by molar-refractivity contribution is 0.385. The van der Waals surface area contributed by atoms with Crippen molar-refractivity contribution in [1.82, 2.24) is 0 Å².